The van der Waals surface area contributed by atoms with Crippen LogP contribution in [0.15, 0.2) is 49.1 Å². The van der Waals surface area contributed by atoms with Crippen molar-refractivity contribution < 1.29 is 28.2 Å². The predicted molar refractivity (Wildman–Crippen MR) is 155 cm³/mol. The quantitative estimate of drug-likeness (QED) is 0.287. The largest absolute Gasteiger partial charge is 0.457 e. The maximum atomic E-state index is 12.7. The van der Waals surface area contributed by atoms with Crippen molar-refractivity contribution in [2.45, 2.75) is 105 Å². The molecular formula is C34H50N2O4+2. The zero-order valence-corrected chi connectivity index (χ0v) is 25.4. The van der Waals surface area contributed by atoms with Crippen molar-refractivity contribution in [3.63, 3.8) is 0 Å². The summed E-state index contributed by atoms with van der Waals surface area (Å²) in [7, 11) is 0. The summed E-state index contributed by atoms with van der Waals surface area (Å²) in [6.45, 7) is 13.8. The van der Waals surface area contributed by atoms with Gasteiger partial charge in [0.25, 0.3) is 0 Å². The average Bonchev–Trinajstić information content (AvgIpc) is 2.89. The molecule has 0 aromatic carbocycles. The van der Waals surface area contributed by atoms with E-state index in [1.807, 2.05) is 58.2 Å². The van der Waals surface area contributed by atoms with Crippen LogP contribution in [-0.2, 0) is 32.2 Å². The normalized spacial score (nSPS) is 27.0. The SMILES string of the molecule is CC1CCC(C(C)C)C(OC(=O)C[n+]2ccc(-c3cc[n+](CC(=O)OC4CC(C)CCC4C(C)C)cc3)cc2)C1. The van der Waals surface area contributed by atoms with Crippen molar-refractivity contribution in [1.29, 1.82) is 0 Å². The Bertz CT molecular complexity index is 1020. The van der Waals surface area contributed by atoms with Gasteiger partial charge in [-0.1, -0.05) is 54.4 Å². The summed E-state index contributed by atoms with van der Waals surface area (Å²) >= 11 is 0. The van der Waals surface area contributed by atoms with Gasteiger partial charge in [-0.15, -0.1) is 0 Å². The molecule has 2 aromatic rings. The number of hydrogen-bond donors (Lipinski definition) is 0. The Hall–Kier alpha value is -2.76. The van der Waals surface area contributed by atoms with E-state index in [0.717, 1.165) is 36.8 Å². The summed E-state index contributed by atoms with van der Waals surface area (Å²) in [6, 6.07) is 8.04. The summed E-state index contributed by atoms with van der Waals surface area (Å²) in [5, 5.41) is 0. The maximum absolute atomic E-state index is 12.7. The molecule has 0 bridgehead atoms. The van der Waals surface area contributed by atoms with E-state index in [1.165, 1.54) is 12.8 Å². The standard InChI is InChI=1S/C34H50N2O4/c1-23(2)29-9-7-25(5)19-31(29)39-33(37)21-35-15-11-27(12-16-35)28-13-17-36(18-14-28)22-34(38)40-32-20-26(6)8-10-30(32)24(3)4/h11-18,23-26,29-32H,7-10,19-22H2,1-6H3/q+2. The molecule has 218 valence electrons. The Morgan fingerprint density at radius 2 is 1.02 bits per heavy atom. The van der Waals surface area contributed by atoms with Crippen molar-refractivity contribution in [2.75, 3.05) is 0 Å². The molecule has 0 spiro atoms. The van der Waals surface area contributed by atoms with Crippen molar-refractivity contribution in [1.82, 2.24) is 0 Å². The number of aromatic nitrogens is 2. The summed E-state index contributed by atoms with van der Waals surface area (Å²) in [6.07, 6.45) is 14.4. The van der Waals surface area contributed by atoms with E-state index >= 15 is 0 Å². The number of pyridine rings is 2. The minimum absolute atomic E-state index is 0.0206. The van der Waals surface area contributed by atoms with Crippen LogP contribution >= 0.6 is 0 Å². The van der Waals surface area contributed by atoms with Gasteiger partial charge in [-0.2, -0.15) is 9.13 Å². The van der Waals surface area contributed by atoms with Crippen molar-refractivity contribution >= 4 is 11.9 Å². The van der Waals surface area contributed by atoms with E-state index in [-0.39, 0.29) is 37.2 Å². The molecule has 40 heavy (non-hydrogen) atoms. The Labute approximate surface area is 241 Å². The molecule has 6 atom stereocenters. The van der Waals surface area contributed by atoms with Gasteiger partial charge in [0, 0.05) is 24.3 Å². The smallest absolute Gasteiger partial charge is 0.372 e. The predicted octanol–water partition coefficient (Wildman–Crippen LogP) is 5.94. The molecule has 2 aromatic heterocycles. The highest BCUT2D eigenvalue weighted by Gasteiger charge is 2.35. The summed E-state index contributed by atoms with van der Waals surface area (Å²) < 4.78 is 15.7. The highest BCUT2D eigenvalue weighted by molar-refractivity contribution is 5.68. The Morgan fingerprint density at radius 1 is 0.675 bits per heavy atom. The molecule has 0 aliphatic heterocycles. The van der Waals surface area contributed by atoms with Crippen LogP contribution in [-0.4, -0.2) is 24.1 Å². The third kappa shape index (κ3) is 8.14. The number of carbonyl (C=O) groups is 2. The lowest BCUT2D eigenvalue weighted by molar-refractivity contribution is -0.686. The fraction of sp³-hybridized carbons (Fsp3) is 0.647. The van der Waals surface area contributed by atoms with E-state index in [2.05, 4.69) is 41.5 Å². The molecule has 6 heteroatoms. The first-order chi connectivity index (χ1) is 19.1. The lowest BCUT2D eigenvalue weighted by atomic mass is 9.75. The molecular weight excluding hydrogens is 500 g/mol. The molecule has 2 aliphatic carbocycles. The molecule has 6 unspecified atom stereocenters. The van der Waals surface area contributed by atoms with Gasteiger partial charge in [0.2, 0.25) is 13.1 Å². The third-order valence-electron chi connectivity index (χ3n) is 9.23. The van der Waals surface area contributed by atoms with Crippen LogP contribution in [0.5, 0.6) is 0 Å². The van der Waals surface area contributed by atoms with Gasteiger partial charge in [-0.25, -0.2) is 9.59 Å². The van der Waals surface area contributed by atoms with Gasteiger partial charge < -0.3 is 9.47 Å². The molecule has 2 fully saturated rings. The fourth-order valence-corrected chi connectivity index (χ4v) is 6.72. The van der Waals surface area contributed by atoms with Crippen LogP contribution in [0.2, 0.25) is 0 Å². The highest BCUT2D eigenvalue weighted by atomic mass is 16.5. The van der Waals surface area contributed by atoms with Crippen molar-refractivity contribution in [3.8, 4) is 11.1 Å². The van der Waals surface area contributed by atoms with Gasteiger partial charge >= 0.3 is 11.9 Å². The van der Waals surface area contributed by atoms with Gasteiger partial charge in [0.05, 0.1) is 0 Å². The van der Waals surface area contributed by atoms with E-state index < -0.39 is 0 Å². The molecule has 0 N–H and O–H groups in total. The van der Waals surface area contributed by atoms with E-state index in [0.29, 0.717) is 35.5 Å². The number of hydrogen-bond acceptors (Lipinski definition) is 4. The topological polar surface area (TPSA) is 60.4 Å². The number of carbonyl (C=O) groups excluding carboxylic acids is 2. The minimum atomic E-state index is -0.169. The Morgan fingerprint density at radius 3 is 1.35 bits per heavy atom. The number of nitrogens with zero attached hydrogens (tertiary/aromatic N) is 2. The molecule has 2 saturated carbocycles. The van der Waals surface area contributed by atoms with Crippen LogP contribution in [0, 0.1) is 35.5 Å². The Balaban J connectivity index is 1.29. The first kappa shape index (κ1) is 30.2. The maximum Gasteiger partial charge on any atom is 0.372 e. The number of rotatable bonds is 9. The zero-order chi connectivity index (χ0) is 28.8. The summed E-state index contributed by atoms with van der Waals surface area (Å²) in [4.78, 5) is 25.5. The molecule has 0 amide bonds. The lowest BCUT2D eigenvalue weighted by Crippen LogP contribution is -2.42. The molecule has 2 heterocycles. The Kier molecular flexibility index (Phi) is 10.4. The average molecular weight is 551 g/mol. The number of esters is 2. The van der Waals surface area contributed by atoms with Crippen molar-refractivity contribution in [3.05, 3.63) is 49.1 Å². The van der Waals surface area contributed by atoms with Crippen molar-refractivity contribution in [2.24, 2.45) is 35.5 Å². The second kappa shape index (κ2) is 13.7. The zero-order valence-electron chi connectivity index (χ0n) is 25.4. The summed E-state index contributed by atoms with van der Waals surface area (Å²) in [5.41, 5.74) is 2.10. The van der Waals surface area contributed by atoms with E-state index in [4.69, 9.17) is 9.47 Å². The van der Waals surface area contributed by atoms with E-state index in [1.54, 1.807) is 0 Å². The summed E-state index contributed by atoms with van der Waals surface area (Å²) in [5.74, 6) is 2.80. The first-order valence-corrected chi connectivity index (χ1v) is 15.5. The lowest BCUT2D eigenvalue weighted by Gasteiger charge is -2.36. The monoisotopic (exact) mass is 550 g/mol. The van der Waals surface area contributed by atoms with Gasteiger partial charge in [-0.05, 0) is 72.3 Å². The van der Waals surface area contributed by atoms with Crippen LogP contribution < -0.4 is 9.13 Å². The molecule has 4 rings (SSSR count). The van der Waals surface area contributed by atoms with Crippen LogP contribution in [0.3, 0.4) is 0 Å². The van der Waals surface area contributed by atoms with Crippen LogP contribution in [0.4, 0.5) is 0 Å². The minimum Gasteiger partial charge on any atom is -0.457 e. The second-order valence-electron chi connectivity index (χ2n) is 13.2. The molecule has 0 saturated heterocycles. The number of ether oxygens (including phenoxy) is 2. The molecule has 6 nitrogen and oxygen atoms in total. The third-order valence-corrected chi connectivity index (χ3v) is 9.23. The highest BCUT2D eigenvalue weighted by Crippen LogP contribution is 2.36. The van der Waals surface area contributed by atoms with E-state index in [9.17, 15) is 9.59 Å². The van der Waals surface area contributed by atoms with Crippen LogP contribution in [0.25, 0.3) is 11.1 Å². The fourth-order valence-electron chi connectivity index (χ4n) is 6.72. The van der Waals surface area contributed by atoms with Gasteiger partial charge in [0.15, 0.2) is 24.8 Å². The van der Waals surface area contributed by atoms with Gasteiger partial charge in [-0.3, -0.25) is 0 Å². The van der Waals surface area contributed by atoms with Crippen LogP contribution in [0.1, 0.15) is 80.1 Å². The molecule has 0 radical (unpaired) electrons. The molecule has 2 aliphatic rings. The second-order valence-corrected chi connectivity index (χ2v) is 13.2. The van der Waals surface area contributed by atoms with Gasteiger partial charge in [0.1, 0.15) is 12.2 Å². The first-order valence-electron chi connectivity index (χ1n) is 15.5.